The van der Waals surface area contributed by atoms with Crippen molar-refractivity contribution in [3.8, 4) is 11.1 Å². The maximum atomic E-state index is 2.46. The SMILES string of the molecule is CCCCc1c(CC)ccc(C2CCCCC2)c1-c1ccccc1. The Labute approximate surface area is 148 Å². The predicted octanol–water partition coefficient (Wildman–Crippen LogP) is 7.31. The van der Waals surface area contributed by atoms with E-state index in [1.807, 2.05) is 0 Å². The van der Waals surface area contributed by atoms with E-state index in [0.717, 1.165) is 12.3 Å². The summed E-state index contributed by atoms with van der Waals surface area (Å²) in [5, 5.41) is 0. The Balaban J connectivity index is 2.13. The van der Waals surface area contributed by atoms with Crippen molar-refractivity contribution >= 4 is 0 Å². The molecule has 0 heterocycles. The van der Waals surface area contributed by atoms with Crippen molar-refractivity contribution in [2.24, 2.45) is 0 Å². The zero-order valence-electron chi connectivity index (χ0n) is 15.5. The fourth-order valence-electron chi connectivity index (χ4n) is 4.38. The molecule has 24 heavy (non-hydrogen) atoms. The smallest absolute Gasteiger partial charge is 0.0114 e. The van der Waals surface area contributed by atoms with Gasteiger partial charge in [-0.1, -0.05) is 82.0 Å². The van der Waals surface area contributed by atoms with E-state index >= 15 is 0 Å². The first-order chi connectivity index (χ1) is 11.8. The summed E-state index contributed by atoms with van der Waals surface area (Å²) in [6, 6.07) is 16.1. The van der Waals surface area contributed by atoms with E-state index in [9.17, 15) is 0 Å². The lowest BCUT2D eigenvalue weighted by Crippen LogP contribution is -2.09. The topological polar surface area (TPSA) is 0 Å². The molecule has 1 aliphatic carbocycles. The van der Waals surface area contributed by atoms with Crippen LogP contribution in [0, 0.1) is 0 Å². The number of aryl methyl sites for hydroxylation is 1. The third-order valence-corrected chi connectivity index (χ3v) is 5.71. The van der Waals surface area contributed by atoms with Crippen LogP contribution < -0.4 is 0 Å². The highest BCUT2D eigenvalue weighted by Gasteiger charge is 2.22. The van der Waals surface area contributed by atoms with Gasteiger partial charge in [0.05, 0.1) is 0 Å². The molecule has 0 spiro atoms. The third kappa shape index (κ3) is 3.74. The van der Waals surface area contributed by atoms with Crippen LogP contribution in [0.2, 0.25) is 0 Å². The van der Waals surface area contributed by atoms with Gasteiger partial charge in [-0.05, 0) is 65.8 Å². The summed E-state index contributed by atoms with van der Waals surface area (Å²) in [4.78, 5) is 0. The first kappa shape index (κ1) is 17.3. The van der Waals surface area contributed by atoms with Gasteiger partial charge >= 0.3 is 0 Å². The minimum absolute atomic E-state index is 0.764. The van der Waals surface area contributed by atoms with Gasteiger partial charge in [-0.15, -0.1) is 0 Å². The van der Waals surface area contributed by atoms with E-state index in [-0.39, 0.29) is 0 Å². The second kappa shape index (κ2) is 8.51. The fourth-order valence-corrected chi connectivity index (χ4v) is 4.38. The van der Waals surface area contributed by atoms with Crippen molar-refractivity contribution in [2.75, 3.05) is 0 Å². The molecular formula is C24H32. The Kier molecular flexibility index (Phi) is 6.12. The van der Waals surface area contributed by atoms with E-state index in [4.69, 9.17) is 0 Å². The highest BCUT2D eigenvalue weighted by atomic mass is 14.3. The molecule has 0 aliphatic heterocycles. The molecular weight excluding hydrogens is 288 g/mol. The second-order valence-corrected chi connectivity index (χ2v) is 7.33. The van der Waals surface area contributed by atoms with Gasteiger partial charge in [0.1, 0.15) is 0 Å². The summed E-state index contributed by atoms with van der Waals surface area (Å²) < 4.78 is 0. The Hall–Kier alpha value is -1.56. The Bertz CT molecular complexity index is 633. The lowest BCUT2D eigenvalue weighted by molar-refractivity contribution is 0.444. The molecule has 128 valence electrons. The number of hydrogen-bond acceptors (Lipinski definition) is 0. The average Bonchev–Trinajstić information content (AvgIpc) is 2.67. The fraction of sp³-hybridized carbons (Fsp3) is 0.500. The lowest BCUT2D eigenvalue weighted by Gasteiger charge is -2.27. The van der Waals surface area contributed by atoms with Gasteiger partial charge in [0.25, 0.3) is 0 Å². The molecule has 0 amide bonds. The largest absolute Gasteiger partial charge is 0.0654 e. The molecule has 0 bridgehead atoms. The van der Waals surface area contributed by atoms with E-state index < -0.39 is 0 Å². The molecule has 3 rings (SSSR count). The first-order valence-electron chi connectivity index (χ1n) is 10.0. The Morgan fingerprint density at radius 1 is 0.875 bits per heavy atom. The molecule has 1 aliphatic rings. The van der Waals surface area contributed by atoms with E-state index in [0.29, 0.717) is 0 Å². The highest BCUT2D eigenvalue weighted by Crippen LogP contribution is 2.41. The monoisotopic (exact) mass is 320 g/mol. The average molecular weight is 321 g/mol. The zero-order chi connectivity index (χ0) is 16.8. The maximum Gasteiger partial charge on any atom is -0.0114 e. The van der Waals surface area contributed by atoms with Crippen LogP contribution >= 0.6 is 0 Å². The zero-order valence-corrected chi connectivity index (χ0v) is 15.5. The Morgan fingerprint density at radius 3 is 2.29 bits per heavy atom. The van der Waals surface area contributed by atoms with Gasteiger partial charge in [0.15, 0.2) is 0 Å². The van der Waals surface area contributed by atoms with Crippen LogP contribution in [-0.2, 0) is 12.8 Å². The van der Waals surface area contributed by atoms with Crippen molar-refractivity contribution in [1.29, 1.82) is 0 Å². The molecule has 2 aromatic rings. The molecule has 1 fully saturated rings. The van der Waals surface area contributed by atoms with Crippen molar-refractivity contribution in [3.05, 3.63) is 59.2 Å². The molecule has 0 N–H and O–H groups in total. The molecule has 1 saturated carbocycles. The molecule has 0 aromatic heterocycles. The normalized spacial score (nSPS) is 15.6. The van der Waals surface area contributed by atoms with Gasteiger partial charge in [-0.25, -0.2) is 0 Å². The van der Waals surface area contributed by atoms with E-state index in [1.165, 1.54) is 56.9 Å². The molecule has 0 unspecified atom stereocenters. The minimum Gasteiger partial charge on any atom is -0.0654 e. The van der Waals surface area contributed by atoms with Crippen LogP contribution in [0.15, 0.2) is 42.5 Å². The lowest BCUT2D eigenvalue weighted by atomic mass is 9.77. The van der Waals surface area contributed by atoms with Crippen molar-refractivity contribution in [2.45, 2.75) is 77.6 Å². The Morgan fingerprint density at radius 2 is 1.62 bits per heavy atom. The molecule has 0 nitrogen and oxygen atoms in total. The third-order valence-electron chi connectivity index (χ3n) is 5.71. The van der Waals surface area contributed by atoms with E-state index in [2.05, 4.69) is 56.3 Å². The standard InChI is InChI=1S/C24H32/c1-3-5-16-22-19(4-2)17-18-23(20-12-8-6-9-13-20)24(22)21-14-10-7-11-15-21/h7,10-11,14-15,17-18,20H,3-6,8-9,12-13,16H2,1-2H3. The summed E-state index contributed by atoms with van der Waals surface area (Å²) in [6.45, 7) is 4.61. The van der Waals surface area contributed by atoms with Crippen LogP contribution in [-0.4, -0.2) is 0 Å². The van der Waals surface area contributed by atoms with Gasteiger partial charge in [-0.2, -0.15) is 0 Å². The highest BCUT2D eigenvalue weighted by molar-refractivity contribution is 5.73. The maximum absolute atomic E-state index is 2.46. The van der Waals surface area contributed by atoms with Gasteiger partial charge in [0, 0.05) is 0 Å². The van der Waals surface area contributed by atoms with E-state index in [1.54, 1.807) is 22.3 Å². The van der Waals surface area contributed by atoms with Crippen LogP contribution in [0.1, 0.15) is 81.4 Å². The van der Waals surface area contributed by atoms with Crippen LogP contribution in [0.4, 0.5) is 0 Å². The molecule has 2 aromatic carbocycles. The van der Waals surface area contributed by atoms with Crippen LogP contribution in [0.25, 0.3) is 11.1 Å². The number of benzene rings is 2. The molecule has 0 saturated heterocycles. The molecule has 0 atom stereocenters. The molecule has 0 heteroatoms. The number of hydrogen-bond donors (Lipinski definition) is 0. The summed E-state index contributed by atoms with van der Waals surface area (Å²) in [7, 11) is 0. The van der Waals surface area contributed by atoms with Crippen molar-refractivity contribution in [3.63, 3.8) is 0 Å². The van der Waals surface area contributed by atoms with Crippen LogP contribution in [0.3, 0.4) is 0 Å². The summed E-state index contributed by atoms with van der Waals surface area (Å²) >= 11 is 0. The first-order valence-corrected chi connectivity index (χ1v) is 10.0. The summed E-state index contributed by atoms with van der Waals surface area (Å²) in [5.41, 5.74) is 7.83. The second-order valence-electron chi connectivity index (χ2n) is 7.33. The quantitative estimate of drug-likeness (QED) is 0.523. The number of rotatable bonds is 6. The van der Waals surface area contributed by atoms with Crippen molar-refractivity contribution < 1.29 is 0 Å². The van der Waals surface area contributed by atoms with Crippen LogP contribution in [0.5, 0.6) is 0 Å². The predicted molar refractivity (Wildman–Crippen MR) is 106 cm³/mol. The minimum atomic E-state index is 0.764. The number of unbranched alkanes of at least 4 members (excludes halogenated alkanes) is 1. The van der Waals surface area contributed by atoms with Gasteiger partial charge in [-0.3, -0.25) is 0 Å². The van der Waals surface area contributed by atoms with Gasteiger partial charge < -0.3 is 0 Å². The van der Waals surface area contributed by atoms with Gasteiger partial charge in [0.2, 0.25) is 0 Å². The molecule has 0 radical (unpaired) electrons. The summed E-state index contributed by atoms with van der Waals surface area (Å²) in [5.74, 6) is 0.764. The summed E-state index contributed by atoms with van der Waals surface area (Å²) in [6.07, 6.45) is 11.9. The van der Waals surface area contributed by atoms with Crippen molar-refractivity contribution in [1.82, 2.24) is 0 Å².